The van der Waals surface area contributed by atoms with Crippen LogP contribution in [-0.2, 0) is 16.6 Å². The SMILES string of the molecule is CN(C)S(=O)(=O)c1ccc(CNC(=O)c2ccc(-n3cc(Br)cn3)cc2)cc1. The number of hydrogen-bond donors (Lipinski definition) is 1. The van der Waals surface area contributed by atoms with E-state index in [0.29, 0.717) is 12.1 Å². The summed E-state index contributed by atoms with van der Waals surface area (Å²) in [5.74, 6) is -0.210. The highest BCUT2D eigenvalue weighted by atomic mass is 79.9. The number of amides is 1. The molecule has 0 fully saturated rings. The van der Waals surface area contributed by atoms with Crippen LogP contribution in [0.25, 0.3) is 5.69 Å². The van der Waals surface area contributed by atoms with Crippen molar-refractivity contribution in [3.05, 3.63) is 76.5 Å². The fraction of sp³-hybridized carbons (Fsp3) is 0.158. The van der Waals surface area contributed by atoms with Crippen molar-refractivity contribution in [1.29, 1.82) is 0 Å². The Bertz CT molecular complexity index is 1080. The summed E-state index contributed by atoms with van der Waals surface area (Å²) < 4.78 is 27.9. The number of rotatable bonds is 6. The van der Waals surface area contributed by atoms with E-state index in [1.54, 1.807) is 35.1 Å². The maximum Gasteiger partial charge on any atom is 0.251 e. The van der Waals surface area contributed by atoms with Gasteiger partial charge in [-0.2, -0.15) is 5.10 Å². The lowest BCUT2D eigenvalue weighted by molar-refractivity contribution is 0.0951. The molecule has 0 saturated carbocycles. The van der Waals surface area contributed by atoms with Gasteiger partial charge in [0, 0.05) is 32.4 Å². The van der Waals surface area contributed by atoms with Crippen LogP contribution in [0.3, 0.4) is 0 Å². The summed E-state index contributed by atoms with van der Waals surface area (Å²) in [6.45, 7) is 0.301. The second-order valence-corrected chi connectivity index (χ2v) is 9.33. The van der Waals surface area contributed by atoms with E-state index < -0.39 is 10.0 Å². The fourth-order valence-corrected chi connectivity index (χ4v) is 3.67. The summed E-state index contributed by atoms with van der Waals surface area (Å²) in [7, 11) is -0.485. The number of carbonyl (C=O) groups excluding carboxylic acids is 1. The number of aromatic nitrogens is 2. The van der Waals surface area contributed by atoms with Crippen LogP contribution < -0.4 is 5.32 Å². The van der Waals surface area contributed by atoms with E-state index in [0.717, 1.165) is 20.0 Å². The monoisotopic (exact) mass is 462 g/mol. The molecule has 0 spiro atoms. The van der Waals surface area contributed by atoms with Gasteiger partial charge in [0.2, 0.25) is 10.0 Å². The summed E-state index contributed by atoms with van der Waals surface area (Å²) >= 11 is 3.35. The average Bonchev–Trinajstić information content (AvgIpc) is 3.13. The molecule has 146 valence electrons. The van der Waals surface area contributed by atoms with E-state index in [1.165, 1.54) is 26.2 Å². The Kier molecular flexibility index (Phi) is 5.97. The molecule has 9 heteroatoms. The number of halogens is 1. The molecular weight excluding hydrogens is 444 g/mol. The molecule has 0 atom stereocenters. The van der Waals surface area contributed by atoms with Gasteiger partial charge in [-0.05, 0) is 57.9 Å². The minimum atomic E-state index is -3.46. The minimum absolute atomic E-state index is 0.210. The number of carbonyl (C=O) groups is 1. The first-order valence-corrected chi connectivity index (χ1v) is 10.6. The highest BCUT2D eigenvalue weighted by Crippen LogP contribution is 2.15. The minimum Gasteiger partial charge on any atom is -0.348 e. The van der Waals surface area contributed by atoms with Gasteiger partial charge in [0.25, 0.3) is 5.91 Å². The van der Waals surface area contributed by atoms with Crippen molar-refractivity contribution in [2.75, 3.05) is 14.1 Å². The van der Waals surface area contributed by atoms with Gasteiger partial charge >= 0.3 is 0 Å². The zero-order chi connectivity index (χ0) is 20.3. The summed E-state index contributed by atoms with van der Waals surface area (Å²) in [4.78, 5) is 12.6. The van der Waals surface area contributed by atoms with E-state index in [4.69, 9.17) is 0 Å². The summed E-state index contributed by atoms with van der Waals surface area (Å²) in [5, 5.41) is 7.03. The van der Waals surface area contributed by atoms with Crippen molar-refractivity contribution in [3.63, 3.8) is 0 Å². The number of benzene rings is 2. The Morgan fingerprint density at radius 3 is 2.29 bits per heavy atom. The molecule has 7 nitrogen and oxygen atoms in total. The molecular formula is C19H19BrN4O3S. The lowest BCUT2D eigenvalue weighted by Crippen LogP contribution is -2.23. The Labute approximate surface area is 172 Å². The van der Waals surface area contributed by atoms with Crippen LogP contribution in [0.15, 0.2) is 70.3 Å². The van der Waals surface area contributed by atoms with E-state index in [9.17, 15) is 13.2 Å². The normalized spacial score (nSPS) is 11.6. The third-order valence-corrected chi connectivity index (χ3v) is 6.34. The summed E-state index contributed by atoms with van der Waals surface area (Å²) in [6.07, 6.45) is 3.52. The third-order valence-electron chi connectivity index (χ3n) is 4.10. The second-order valence-electron chi connectivity index (χ2n) is 6.26. The lowest BCUT2D eigenvalue weighted by Gasteiger charge is -2.12. The first-order valence-electron chi connectivity index (χ1n) is 8.37. The third kappa shape index (κ3) is 4.49. The van der Waals surface area contributed by atoms with E-state index in [1.807, 2.05) is 18.3 Å². The van der Waals surface area contributed by atoms with Crippen LogP contribution in [0.4, 0.5) is 0 Å². The van der Waals surface area contributed by atoms with Crippen molar-refractivity contribution < 1.29 is 13.2 Å². The van der Waals surface area contributed by atoms with Crippen molar-refractivity contribution >= 4 is 31.9 Å². The molecule has 0 aliphatic heterocycles. The van der Waals surface area contributed by atoms with Gasteiger partial charge in [0.1, 0.15) is 0 Å². The molecule has 3 rings (SSSR count). The van der Waals surface area contributed by atoms with Crippen molar-refractivity contribution in [2.45, 2.75) is 11.4 Å². The Hall–Kier alpha value is -2.49. The summed E-state index contributed by atoms with van der Waals surface area (Å²) in [5.41, 5.74) is 2.19. The first kappa shape index (κ1) is 20.2. The maximum absolute atomic E-state index is 12.3. The number of hydrogen-bond acceptors (Lipinski definition) is 4. The van der Waals surface area contributed by atoms with Gasteiger partial charge in [-0.15, -0.1) is 0 Å². The molecule has 0 unspecified atom stereocenters. The average molecular weight is 463 g/mol. The molecule has 0 saturated heterocycles. The Morgan fingerprint density at radius 2 is 1.75 bits per heavy atom. The van der Waals surface area contributed by atoms with Crippen molar-refractivity contribution in [3.8, 4) is 5.69 Å². The molecule has 0 aliphatic rings. The molecule has 0 bridgehead atoms. The number of sulfonamides is 1. The molecule has 0 radical (unpaired) electrons. The van der Waals surface area contributed by atoms with Crippen LogP contribution in [-0.4, -0.2) is 42.5 Å². The zero-order valence-corrected chi connectivity index (χ0v) is 17.7. The van der Waals surface area contributed by atoms with E-state index in [-0.39, 0.29) is 10.8 Å². The fourth-order valence-electron chi connectivity index (χ4n) is 2.48. The molecule has 0 aliphatic carbocycles. The highest BCUT2D eigenvalue weighted by molar-refractivity contribution is 9.10. The van der Waals surface area contributed by atoms with Crippen molar-refractivity contribution in [2.24, 2.45) is 0 Å². The lowest BCUT2D eigenvalue weighted by atomic mass is 10.2. The van der Waals surface area contributed by atoms with Gasteiger partial charge in [0.15, 0.2) is 0 Å². The molecule has 1 heterocycles. The van der Waals surface area contributed by atoms with Gasteiger partial charge in [-0.3, -0.25) is 4.79 Å². The molecule has 1 aromatic heterocycles. The van der Waals surface area contributed by atoms with Crippen LogP contribution >= 0.6 is 15.9 Å². The van der Waals surface area contributed by atoms with E-state index >= 15 is 0 Å². The quantitative estimate of drug-likeness (QED) is 0.610. The predicted octanol–water partition coefficient (Wildman–Crippen LogP) is 2.82. The van der Waals surface area contributed by atoms with Gasteiger partial charge in [-0.25, -0.2) is 17.4 Å². The van der Waals surface area contributed by atoms with Gasteiger partial charge in [0.05, 0.1) is 21.3 Å². The largest absolute Gasteiger partial charge is 0.348 e. The van der Waals surface area contributed by atoms with E-state index in [2.05, 4.69) is 26.3 Å². The van der Waals surface area contributed by atoms with Crippen LogP contribution in [0.2, 0.25) is 0 Å². The molecule has 3 aromatic rings. The first-order chi connectivity index (χ1) is 13.3. The van der Waals surface area contributed by atoms with Crippen LogP contribution in [0.1, 0.15) is 15.9 Å². The Balaban J connectivity index is 1.62. The standard InChI is InChI=1S/C19H19BrN4O3S/c1-23(2)28(26,27)18-9-3-14(4-10-18)11-21-19(25)15-5-7-17(8-6-15)24-13-16(20)12-22-24/h3-10,12-13H,11H2,1-2H3,(H,21,25). The van der Waals surface area contributed by atoms with Crippen LogP contribution in [0.5, 0.6) is 0 Å². The number of nitrogens with zero attached hydrogens (tertiary/aromatic N) is 3. The van der Waals surface area contributed by atoms with Crippen molar-refractivity contribution in [1.82, 2.24) is 19.4 Å². The molecule has 2 aromatic carbocycles. The number of nitrogens with one attached hydrogen (secondary N) is 1. The second kappa shape index (κ2) is 8.26. The molecule has 28 heavy (non-hydrogen) atoms. The van der Waals surface area contributed by atoms with Gasteiger partial charge < -0.3 is 5.32 Å². The van der Waals surface area contributed by atoms with Crippen LogP contribution in [0, 0.1) is 0 Å². The summed E-state index contributed by atoms with van der Waals surface area (Å²) in [6, 6.07) is 13.5. The predicted molar refractivity (Wildman–Crippen MR) is 110 cm³/mol. The maximum atomic E-state index is 12.3. The molecule has 1 amide bonds. The van der Waals surface area contributed by atoms with Gasteiger partial charge in [-0.1, -0.05) is 12.1 Å². The smallest absolute Gasteiger partial charge is 0.251 e. The zero-order valence-electron chi connectivity index (χ0n) is 15.3. The topological polar surface area (TPSA) is 84.3 Å². The highest BCUT2D eigenvalue weighted by Gasteiger charge is 2.16. The Morgan fingerprint density at radius 1 is 1.11 bits per heavy atom. The molecule has 1 N–H and O–H groups in total.